The summed E-state index contributed by atoms with van der Waals surface area (Å²) in [7, 11) is 0. The molecule has 1 aromatic carbocycles. The van der Waals surface area contributed by atoms with Gasteiger partial charge in [0.2, 0.25) is 5.91 Å². The quantitative estimate of drug-likeness (QED) is 0.634. The van der Waals surface area contributed by atoms with Gasteiger partial charge in [-0.1, -0.05) is 0 Å². The number of aromatic nitrogens is 2. The minimum absolute atomic E-state index is 0.0184. The van der Waals surface area contributed by atoms with Crippen LogP contribution in [0.4, 0.5) is 16.5 Å². The maximum absolute atomic E-state index is 13.0. The number of fused-ring (bicyclic) bond motifs is 1. The molecule has 160 valence electrons. The first-order valence-corrected chi connectivity index (χ1v) is 11.5. The fraction of sp³-hybridized carbons (Fsp3) is 0.348. The summed E-state index contributed by atoms with van der Waals surface area (Å²) in [5.74, 6) is -0.188. The van der Waals surface area contributed by atoms with E-state index in [1.165, 1.54) is 19.3 Å². The molecule has 7 nitrogen and oxygen atoms in total. The molecule has 4 heterocycles. The Morgan fingerprint density at radius 2 is 2.06 bits per heavy atom. The molecule has 0 saturated carbocycles. The first-order valence-electron chi connectivity index (χ1n) is 10.7. The van der Waals surface area contributed by atoms with E-state index in [9.17, 15) is 9.59 Å². The molecule has 2 aliphatic heterocycles. The number of thiazole rings is 1. The molecule has 3 aromatic rings. The molecule has 0 aliphatic carbocycles. The van der Waals surface area contributed by atoms with E-state index in [2.05, 4.69) is 20.9 Å². The zero-order valence-corrected chi connectivity index (χ0v) is 18.3. The summed E-state index contributed by atoms with van der Waals surface area (Å²) in [5, 5.41) is 8.95. The molecule has 5 rings (SSSR count). The molecule has 8 heteroatoms. The molecule has 2 aromatic heterocycles. The SMILES string of the molecule is Cc1cc(C(=O)Nc2ccc3c(c2)CC(=O)N3)n(Cc2csc(N3CCCCC3)n2)c1. The number of nitrogens with zero attached hydrogens (tertiary/aromatic N) is 3. The van der Waals surface area contributed by atoms with E-state index < -0.39 is 0 Å². The molecule has 0 radical (unpaired) electrons. The number of amides is 2. The van der Waals surface area contributed by atoms with Crippen LogP contribution in [0.2, 0.25) is 0 Å². The normalized spacial score (nSPS) is 15.6. The molecule has 2 amide bonds. The van der Waals surface area contributed by atoms with Gasteiger partial charge < -0.3 is 20.1 Å². The summed E-state index contributed by atoms with van der Waals surface area (Å²) in [5.41, 5.74) is 5.00. The number of carbonyl (C=O) groups excluding carboxylic acids is 2. The van der Waals surface area contributed by atoms with Gasteiger partial charge in [0.05, 0.1) is 18.7 Å². The van der Waals surface area contributed by atoms with E-state index >= 15 is 0 Å². The first-order chi connectivity index (χ1) is 15.0. The molecule has 1 fully saturated rings. The number of benzene rings is 1. The number of nitrogens with one attached hydrogen (secondary N) is 2. The van der Waals surface area contributed by atoms with Crippen LogP contribution in [0.15, 0.2) is 35.8 Å². The van der Waals surface area contributed by atoms with Gasteiger partial charge in [-0.2, -0.15) is 0 Å². The van der Waals surface area contributed by atoms with Crippen molar-refractivity contribution >= 4 is 39.7 Å². The van der Waals surface area contributed by atoms with Crippen LogP contribution >= 0.6 is 11.3 Å². The van der Waals surface area contributed by atoms with Gasteiger partial charge in [-0.25, -0.2) is 4.98 Å². The highest BCUT2D eigenvalue weighted by Crippen LogP contribution is 2.27. The molecule has 2 N–H and O–H groups in total. The van der Waals surface area contributed by atoms with E-state index in [1.54, 1.807) is 11.3 Å². The monoisotopic (exact) mass is 435 g/mol. The zero-order chi connectivity index (χ0) is 21.4. The van der Waals surface area contributed by atoms with Crippen molar-refractivity contribution in [2.24, 2.45) is 0 Å². The summed E-state index contributed by atoms with van der Waals surface area (Å²) in [6.07, 6.45) is 6.08. The Morgan fingerprint density at radius 1 is 1.23 bits per heavy atom. The highest BCUT2D eigenvalue weighted by molar-refractivity contribution is 7.13. The third-order valence-corrected chi connectivity index (χ3v) is 6.70. The zero-order valence-electron chi connectivity index (χ0n) is 17.5. The third kappa shape index (κ3) is 4.20. The lowest BCUT2D eigenvalue weighted by molar-refractivity contribution is -0.115. The van der Waals surface area contributed by atoms with Gasteiger partial charge in [0.25, 0.3) is 5.91 Å². The highest BCUT2D eigenvalue weighted by Gasteiger charge is 2.20. The molecule has 0 bridgehead atoms. The number of hydrogen-bond donors (Lipinski definition) is 2. The van der Waals surface area contributed by atoms with Crippen molar-refractivity contribution in [1.82, 2.24) is 9.55 Å². The van der Waals surface area contributed by atoms with Gasteiger partial charge in [0.1, 0.15) is 5.69 Å². The van der Waals surface area contributed by atoms with E-state index in [1.807, 2.05) is 42.0 Å². The number of rotatable bonds is 5. The van der Waals surface area contributed by atoms with Crippen LogP contribution in [0.25, 0.3) is 0 Å². The van der Waals surface area contributed by atoms with E-state index in [4.69, 9.17) is 4.98 Å². The van der Waals surface area contributed by atoms with Crippen LogP contribution < -0.4 is 15.5 Å². The minimum atomic E-state index is -0.170. The Hall–Kier alpha value is -3.13. The smallest absolute Gasteiger partial charge is 0.272 e. The first kappa shape index (κ1) is 19.8. The summed E-state index contributed by atoms with van der Waals surface area (Å²) in [6, 6.07) is 7.40. The van der Waals surface area contributed by atoms with Crippen molar-refractivity contribution in [3.63, 3.8) is 0 Å². The van der Waals surface area contributed by atoms with Crippen LogP contribution in [0.3, 0.4) is 0 Å². The largest absolute Gasteiger partial charge is 0.348 e. The van der Waals surface area contributed by atoms with Gasteiger partial charge in [-0.3, -0.25) is 9.59 Å². The molecular formula is C23H25N5O2S. The summed E-state index contributed by atoms with van der Waals surface area (Å²) >= 11 is 1.68. The van der Waals surface area contributed by atoms with Crippen molar-refractivity contribution < 1.29 is 9.59 Å². The van der Waals surface area contributed by atoms with E-state index in [0.717, 1.165) is 40.7 Å². The number of hydrogen-bond acceptors (Lipinski definition) is 5. The fourth-order valence-electron chi connectivity index (χ4n) is 4.25. The molecule has 0 unspecified atom stereocenters. The maximum Gasteiger partial charge on any atom is 0.272 e. The van der Waals surface area contributed by atoms with E-state index in [0.29, 0.717) is 24.3 Å². The molecule has 31 heavy (non-hydrogen) atoms. The van der Waals surface area contributed by atoms with Crippen LogP contribution in [-0.2, 0) is 17.8 Å². The van der Waals surface area contributed by atoms with Crippen molar-refractivity contribution in [3.05, 3.63) is 58.4 Å². The molecule has 0 atom stereocenters. The minimum Gasteiger partial charge on any atom is -0.348 e. The van der Waals surface area contributed by atoms with Gasteiger partial charge in [-0.15, -0.1) is 11.3 Å². The van der Waals surface area contributed by atoms with Crippen molar-refractivity contribution in [2.75, 3.05) is 28.6 Å². The lowest BCUT2D eigenvalue weighted by Crippen LogP contribution is -2.29. The highest BCUT2D eigenvalue weighted by atomic mass is 32.1. The second-order valence-electron chi connectivity index (χ2n) is 8.25. The second-order valence-corrected chi connectivity index (χ2v) is 9.09. The van der Waals surface area contributed by atoms with E-state index in [-0.39, 0.29) is 11.8 Å². The Labute approximate surface area is 185 Å². The maximum atomic E-state index is 13.0. The number of carbonyl (C=O) groups is 2. The lowest BCUT2D eigenvalue weighted by atomic mass is 10.1. The van der Waals surface area contributed by atoms with Crippen LogP contribution in [0.1, 0.15) is 46.6 Å². The Balaban J connectivity index is 1.31. The molecular weight excluding hydrogens is 410 g/mol. The van der Waals surface area contributed by atoms with Crippen molar-refractivity contribution in [1.29, 1.82) is 0 Å². The van der Waals surface area contributed by atoms with Crippen LogP contribution in [0, 0.1) is 6.92 Å². The molecule has 1 saturated heterocycles. The van der Waals surface area contributed by atoms with Crippen LogP contribution in [0.5, 0.6) is 0 Å². The van der Waals surface area contributed by atoms with Gasteiger partial charge >= 0.3 is 0 Å². The second kappa shape index (κ2) is 8.19. The Morgan fingerprint density at radius 3 is 2.90 bits per heavy atom. The number of aryl methyl sites for hydroxylation is 1. The van der Waals surface area contributed by atoms with Crippen molar-refractivity contribution in [3.8, 4) is 0 Å². The Bertz CT molecular complexity index is 1140. The van der Waals surface area contributed by atoms with Crippen LogP contribution in [-0.4, -0.2) is 34.5 Å². The molecule has 2 aliphatic rings. The predicted molar refractivity (Wildman–Crippen MR) is 123 cm³/mol. The average Bonchev–Trinajstić information content (AvgIpc) is 3.46. The average molecular weight is 436 g/mol. The fourth-order valence-corrected chi connectivity index (χ4v) is 5.12. The van der Waals surface area contributed by atoms with Gasteiger partial charge in [-0.05, 0) is 61.6 Å². The lowest BCUT2D eigenvalue weighted by Gasteiger charge is -2.25. The standard InChI is InChI=1S/C23H25N5O2S/c1-15-9-20(22(30)24-17-5-6-19-16(10-17)11-21(29)26-19)28(12-15)13-18-14-31-23(25-18)27-7-3-2-4-8-27/h5-6,9-10,12,14H,2-4,7-8,11,13H2,1H3,(H,24,30)(H,26,29). The predicted octanol–water partition coefficient (Wildman–Crippen LogP) is 4.04. The summed E-state index contributed by atoms with van der Waals surface area (Å²) in [6.45, 7) is 4.69. The topological polar surface area (TPSA) is 79.3 Å². The summed E-state index contributed by atoms with van der Waals surface area (Å²) in [4.78, 5) is 31.8. The Kier molecular flexibility index (Phi) is 5.23. The molecule has 0 spiro atoms. The van der Waals surface area contributed by atoms with Gasteiger partial charge in [0.15, 0.2) is 5.13 Å². The third-order valence-electron chi connectivity index (χ3n) is 5.75. The number of piperidine rings is 1. The van der Waals surface area contributed by atoms with Crippen molar-refractivity contribution in [2.45, 2.75) is 39.2 Å². The van der Waals surface area contributed by atoms with Gasteiger partial charge in [0, 0.05) is 36.0 Å². The summed E-state index contributed by atoms with van der Waals surface area (Å²) < 4.78 is 1.96. The number of anilines is 3.